The molecule has 6 heteroatoms. The largest absolute Gasteiger partial charge is 0.401 e. The summed E-state index contributed by atoms with van der Waals surface area (Å²) in [6.45, 7) is 0.382. The van der Waals surface area contributed by atoms with E-state index < -0.39 is 12.7 Å². The quantitative estimate of drug-likeness (QED) is 0.856. The SMILES string of the molecule is FC(F)(F)CN1CCC(NC2CCCSC2)CC1. The summed E-state index contributed by atoms with van der Waals surface area (Å²) in [5.74, 6) is 2.41. The molecule has 0 aromatic carbocycles. The molecule has 0 aromatic heterocycles. The van der Waals surface area contributed by atoms with E-state index in [-0.39, 0.29) is 0 Å². The summed E-state index contributed by atoms with van der Waals surface area (Å²) in [4.78, 5) is 1.52. The fourth-order valence-corrected chi connectivity index (χ4v) is 3.80. The van der Waals surface area contributed by atoms with Crippen LogP contribution >= 0.6 is 11.8 Å². The summed E-state index contributed by atoms with van der Waals surface area (Å²) in [5.41, 5.74) is 0. The van der Waals surface area contributed by atoms with Gasteiger partial charge in [0.15, 0.2) is 0 Å². The lowest BCUT2D eigenvalue weighted by atomic mass is 10.0. The monoisotopic (exact) mass is 282 g/mol. The van der Waals surface area contributed by atoms with Crippen LogP contribution in [-0.4, -0.2) is 54.3 Å². The van der Waals surface area contributed by atoms with Gasteiger partial charge in [-0.05, 0) is 44.5 Å². The Morgan fingerprint density at radius 1 is 1.11 bits per heavy atom. The number of alkyl halides is 3. The molecule has 2 fully saturated rings. The lowest BCUT2D eigenvalue weighted by Crippen LogP contribution is -2.49. The minimum absolute atomic E-state index is 0.415. The van der Waals surface area contributed by atoms with Crippen molar-refractivity contribution in [3.05, 3.63) is 0 Å². The average molecular weight is 282 g/mol. The molecule has 2 aliphatic rings. The van der Waals surface area contributed by atoms with Crippen molar-refractivity contribution in [1.29, 1.82) is 0 Å². The lowest BCUT2D eigenvalue weighted by Gasteiger charge is -2.35. The van der Waals surface area contributed by atoms with E-state index in [4.69, 9.17) is 0 Å². The van der Waals surface area contributed by atoms with Gasteiger partial charge in [0, 0.05) is 17.8 Å². The summed E-state index contributed by atoms with van der Waals surface area (Å²) in [6, 6.07) is 0.987. The standard InChI is InChI=1S/C12H21F3N2S/c13-12(14,15)9-17-5-3-10(4-6-17)16-11-2-1-7-18-8-11/h10-11,16H,1-9H2. The summed E-state index contributed by atoms with van der Waals surface area (Å²) in [7, 11) is 0. The van der Waals surface area contributed by atoms with Crippen molar-refractivity contribution in [2.45, 2.75) is 43.9 Å². The molecule has 1 atom stereocenters. The number of likely N-dealkylation sites (tertiary alicyclic amines) is 1. The zero-order chi connectivity index (χ0) is 13.0. The molecule has 2 heterocycles. The predicted octanol–water partition coefficient (Wildman–Crippen LogP) is 2.50. The number of piperidine rings is 1. The van der Waals surface area contributed by atoms with E-state index in [1.807, 2.05) is 11.8 Å². The van der Waals surface area contributed by atoms with Crippen LogP contribution in [0.3, 0.4) is 0 Å². The molecule has 0 spiro atoms. The highest BCUT2D eigenvalue weighted by atomic mass is 32.2. The Morgan fingerprint density at radius 3 is 2.39 bits per heavy atom. The average Bonchev–Trinajstić information content (AvgIpc) is 2.31. The molecule has 0 aromatic rings. The number of halogens is 3. The second kappa shape index (κ2) is 6.48. The van der Waals surface area contributed by atoms with Crippen molar-refractivity contribution in [2.24, 2.45) is 0 Å². The van der Waals surface area contributed by atoms with Crippen molar-refractivity contribution >= 4 is 11.8 Å². The van der Waals surface area contributed by atoms with E-state index in [0.717, 1.165) is 18.6 Å². The molecule has 2 saturated heterocycles. The number of nitrogens with zero attached hydrogens (tertiary/aromatic N) is 1. The molecule has 106 valence electrons. The highest BCUT2D eigenvalue weighted by molar-refractivity contribution is 7.99. The Labute approximate surface area is 111 Å². The predicted molar refractivity (Wildman–Crippen MR) is 69.0 cm³/mol. The maximum atomic E-state index is 12.2. The van der Waals surface area contributed by atoms with Crippen molar-refractivity contribution in [3.8, 4) is 0 Å². The van der Waals surface area contributed by atoms with Gasteiger partial charge in [-0.15, -0.1) is 0 Å². The van der Waals surface area contributed by atoms with Crippen LogP contribution in [0.15, 0.2) is 0 Å². The summed E-state index contributed by atoms with van der Waals surface area (Å²) in [6.07, 6.45) is 0.111. The zero-order valence-corrected chi connectivity index (χ0v) is 11.3. The van der Waals surface area contributed by atoms with E-state index in [1.165, 1.54) is 23.5 Å². The molecule has 0 amide bonds. The van der Waals surface area contributed by atoms with Crippen molar-refractivity contribution in [3.63, 3.8) is 0 Å². The second-order valence-electron chi connectivity index (χ2n) is 5.25. The fourth-order valence-electron chi connectivity index (χ4n) is 2.72. The first-order chi connectivity index (χ1) is 8.53. The minimum Gasteiger partial charge on any atom is -0.310 e. The third-order valence-corrected chi connectivity index (χ3v) is 4.84. The maximum Gasteiger partial charge on any atom is 0.401 e. The van der Waals surface area contributed by atoms with Crippen molar-refractivity contribution in [2.75, 3.05) is 31.1 Å². The third-order valence-electron chi connectivity index (χ3n) is 3.62. The normalized spacial score (nSPS) is 28.5. The van der Waals surface area contributed by atoms with Gasteiger partial charge in [-0.2, -0.15) is 24.9 Å². The molecule has 0 aliphatic carbocycles. The van der Waals surface area contributed by atoms with Gasteiger partial charge in [0.2, 0.25) is 0 Å². The Bertz CT molecular complexity index is 246. The number of hydrogen-bond acceptors (Lipinski definition) is 3. The molecular weight excluding hydrogens is 261 g/mol. The first-order valence-electron chi connectivity index (χ1n) is 6.66. The van der Waals surface area contributed by atoms with Gasteiger partial charge < -0.3 is 5.32 Å². The van der Waals surface area contributed by atoms with Gasteiger partial charge in [-0.3, -0.25) is 4.90 Å². The van der Waals surface area contributed by atoms with Crippen molar-refractivity contribution < 1.29 is 13.2 Å². The maximum absolute atomic E-state index is 12.2. The van der Waals surface area contributed by atoms with Gasteiger partial charge in [-0.1, -0.05) is 0 Å². The van der Waals surface area contributed by atoms with Crippen LogP contribution in [0, 0.1) is 0 Å². The smallest absolute Gasteiger partial charge is 0.310 e. The Kier molecular flexibility index (Phi) is 5.21. The molecule has 2 nitrogen and oxygen atoms in total. The number of rotatable bonds is 3. The summed E-state index contributed by atoms with van der Waals surface area (Å²) in [5, 5.41) is 3.61. The highest BCUT2D eigenvalue weighted by Gasteiger charge is 2.32. The second-order valence-corrected chi connectivity index (χ2v) is 6.40. The van der Waals surface area contributed by atoms with E-state index in [1.54, 1.807) is 0 Å². The minimum atomic E-state index is -4.06. The van der Waals surface area contributed by atoms with E-state index in [2.05, 4.69) is 5.32 Å². The molecule has 0 bridgehead atoms. The molecule has 2 rings (SSSR count). The van der Waals surface area contributed by atoms with Crippen LogP contribution in [0.1, 0.15) is 25.7 Å². The van der Waals surface area contributed by atoms with Crippen LogP contribution in [0.2, 0.25) is 0 Å². The van der Waals surface area contributed by atoms with Gasteiger partial charge in [0.1, 0.15) is 0 Å². The van der Waals surface area contributed by atoms with Crippen LogP contribution in [0.4, 0.5) is 13.2 Å². The molecule has 2 aliphatic heterocycles. The third kappa shape index (κ3) is 4.97. The zero-order valence-electron chi connectivity index (χ0n) is 10.5. The molecule has 0 saturated carbocycles. The Hall–Kier alpha value is 0.0600. The fraction of sp³-hybridized carbons (Fsp3) is 1.00. The van der Waals surface area contributed by atoms with Crippen molar-refractivity contribution in [1.82, 2.24) is 10.2 Å². The van der Waals surface area contributed by atoms with E-state index in [9.17, 15) is 13.2 Å². The van der Waals surface area contributed by atoms with Crippen LogP contribution < -0.4 is 5.32 Å². The summed E-state index contributed by atoms with van der Waals surface area (Å²) < 4.78 is 36.7. The number of thioether (sulfide) groups is 1. The van der Waals surface area contributed by atoms with Crippen LogP contribution in [0.25, 0.3) is 0 Å². The molecule has 0 radical (unpaired) electrons. The summed E-state index contributed by atoms with van der Waals surface area (Å²) >= 11 is 1.98. The first kappa shape index (κ1) is 14.5. The van der Waals surface area contributed by atoms with Crippen LogP contribution in [0.5, 0.6) is 0 Å². The number of nitrogens with one attached hydrogen (secondary N) is 1. The van der Waals surface area contributed by atoms with E-state index >= 15 is 0 Å². The molecule has 18 heavy (non-hydrogen) atoms. The topological polar surface area (TPSA) is 15.3 Å². The number of hydrogen-bond donors (Lipinski definition) is 1. The molecule has 1 N–H and O–H groups in total. The lowest BCUT2D eigenvalue weighted by molar-refractivity contribution is -0.148. The first-order valence-corrected chi connectivity index (χ1v) is 7.81. The van der Waals surface area contributed by atoms with Gasteiger partial charge in [-0.25, -0.2) is 0 Å². The highest BCUT2D eigenvalue weighted by Crippen LogP contribution is 2.22. The molecule has 1 unspecified atom stereocenters. The van der Waals surface area contributed by atoms with Crippen LogP contribution in [-0.2, 0) is 0 Å². The van der Waals surface area contributed by atoms with Gasteiger partial charge >= 0.3 is 6.18 Å². The van der Waals surface area contributed by atoms with Gasteiger partial charge in [0.05, 0.1) is 6.54 Å². The molecular formula is C12H21F3N2S. The Balaban J connectivity index is 1.66. The van der Waals surface area contributed by atoms with Gasteiger partial charge in [0.25, 0.3) is 0 Å². The van der Waals surface area contributed by atoms with E-state index in [0.29, 0.717) is 25.2 Å². The Morgan fingerprint density at radius 2 is 1.83 bits per heavy atom.